The number of hydrogen-bond donors (Lipinski definition) is 0. The zero-order valence-electron chi connectivity index (χ0n) is 10.6. The number of nitrogens with zero attached hydrogens (tertiary/aromatic N) is 2. The maximum Gasteiger partial charge on any atom is 0.0748 e. The predicted molar refractivity (Wildman–Crippen MR) is 72.6 cm³/mol. The Hall–Kier alpha value is -1.83. The van der Waals surface area contributed by atoms with Crippen LogP contribution in [0.3, 0.4) is 0 Å². The minimum atomic E-state index is 0.281. The first-order valence-electron chi connectivity index (χ1n) is 5.81. The van der Waals surface area contributed by atoms with Gasteiger partial charge in [0.05, 0.1) is 11.7 Å². The molecule has 0 saturated heterocycles. The van der Waals surface area contributed by atoms with Crippen molar-refractivity contribution < 1.29 is 0 Å². The highest BCUT2D eigenvalue weighted by molar-refractivity contribution is 5.74. The number of likely N-dealkylation sites (N-methyl/N-ethyl adjacent to an activating group) is 1. The Morgan fingerprint density at radius 3 is 2.76 bits per heavy atom. The van der Waals surface area contributed by atoms with Gasteiger partial charge in [0.1, 0.15) is 0 Å². The molecule has 0 radical (unpaired) electrons. The van der Waals surface area contributed by atoms with Crippen LogP contribution in [-0.4, -0.2) is 23.0 Å². The Balaban J connectivity index is 2.39. The van der Waals surface area contributed by atoms with Crippen LogP contribution in [0.4, 0.5) is 0 Å². The van der Waals surface area contributed by atoms with E-state index in [4.69, 9.17) is 0 Å². The molecule has 0 N–H and O–H groups in total. The van der Waals surface area contributed by atoms with Gasteiger partial charge in [-0.3, -0.25) is 4.98 Å². The Bertz CT molecular complexity index is 498. The van der Waals surface area contributed by atoms with Crippen LogP contribution in [0.5, 0.6) is 0 Å². The third-order valence-corrected chi connectivity index (χ3v) is 3.04. The molecular formula is C15H18N2. The Morgan fingerprint density at radius 1 is 1.35 bits per heavy atom. The van der Waals surface area contributed by atoms with Crippen LogP contribution in [0.15, 0.2) is 43.1 Å². The molecule has 0 saturated carbocycles. The lowest BCUT2D eigenvalue weighted by Crippen LogP contribution is -2.25. The molecule has 1 aromatic heterocycles. The van der Waals surface area contributed by atoms with Gasteiger partial charge in [-0.1, -0.05) is 24.3 Å². The zero-order valence-corrected chi connectivity index (χ0v) is 10.6. The fourth-order valence-electron chi connectivity index (χ4n) is 1.99. The van der Waals surface area contributed by atoms with Gasteiger partial charge in [-0.25, -0.2) is 0 Å². The summed E-state index contributed by atoms with van der Waals surface area (Å²) in [6.07, 6.45) is 8.33. The molecule has 88 valence electrons. The fourth-order valence-corrected chi connectivity index (χ4v) is 1.99. The number of aryl methyl sites for hydroxylation is 2. The van der Waals surface area contributed by atoms with Gasteiger partial charge in [-0.05, 0) is 25.5 Å². The monoisotopic (exact) mass is 226 g/mol. The van der Waals surface area contributed by atoms with E-state index in [1.807, 2.05) is 19.1 Å². The minimum absolute atomic E-state index is 0.281. The van der Waals surface area contributed by atoms with Crippen molar-refractivity contribution in [3.05, 3.63) is 60.1 Å². The summed E-state index contributed by atoms with van der Waals surface area (Å²) < 4.78 is 0. The van der Waals surface area contributed by atoms with Gasteiger partial charge in [0.25, 0.3) is 0 Å². The van der Waals surface area contributed by atoms with E-state index in [1.165, 1.54) is 5.56 Å². The first-order valence-corrected chi connectivity index (χ1v) is 5.81. The topological polar surface area (TPSA) is 16.1 Å². The van der Waals surface area contributed by atoms with E-state index < -0.39 is 0 Å². The number of hydrogen-bond acceptors (Lipinski definition) is 2. The molecule has 0 fully saturated rings. The first-order chi connectivity index (χ1) is 8.11. The molecular weight excluding hydrogens is 208 g/mol. The van der Waals surface area contributed by atoms with Crippen LogP contribution < -0.4 is 0 Å². The molecule has 1 aliphatic heterocycles. The minimum Gasteiger partial charge on any atom is -0.370 e. The molecule has 2 heteroatoms. The highest BCUT2D eigenvalue weighted by Crippen LogP contribution is 2.23. The molecule has 1 atom stereocenters. The molecule has 1 aliphatic rings. The summed E-state index contributed by atoms with van der Waals surface area (Å²) in [5.74, 6) is 0. The van der Waals surface area contributed by atoms with Crippen LogP contribution in [0.1, 0.15) is 17.0 Å². The Kier molecular flexibility index (Phi) is 3.14. The Morgan fingerprint density at radius 2 is 2.12 bits per heavy atom. The normalized spacial score (nSPS) is 19.1. The van der Waals surface area contributed by atoms with Gasteiger partial charge in [0.15, 0.2) is 0 Å². The summed E-state index contributed by atoms with van der Waals surface area (Å²) >= 11 is 0. The van der Waals surface area contributed by atoms with Crippen LogP contribution in [0, 0.1) is 13.8 Å². The highest BCUT2D eigenvalue weighted by Gasteiger charge is 2.13. The second-order valence-electron chi connectivity index (χ2n) is 4.45. The number of aromatic nitrogens is 1. The summed E-state index contributed by atoms with van der Waals surface area (Å²) in [5, 5.41) is 0. The molecule has 0 spiro atoms. The van der Waals surface area contributed by atoms with E-state index in [-0.39, 0.29) is 6.04 Å². The largest absolute Gasteiger partial charge is 0.370 e. The molecule has 0 bridgehead atoms. The highest BCUT2D eigenvalue weighted by atomic mass is 15.1. The smallest absolute Gasteiger partial charge is 0.0748 e. The van der Waals surface area contributed by atoms with E-state index in [2.05, 4.69) is 54.9 Å². The lowest BCUT2D eigenvalue weighted by atomic mass is 10.0. The van der Waals surface area contributed by atoms with Crippen LogP contribution in [-0.2, 0) is 0 Å². The molecule has 0 aliphatic carbocycles. The average Bonchev–Trinajstić information content (AvgIpc) is 2.32. The molecule has 1 aromatic rings. The first kappa shape index (κ1) is 11.6. The average molecular weight is 226 g/mol. The zero-order chi connectivity index (χ0) is 12.4. The van der Waals surface area contributed by atoms with Crippen molar-refractivity contribution in [2.45, 2.75) is 19.9 Å². The molecule has 17 heavy (non-hydrogen) atoms. The van der Waals surface area contributed by atoms with Gasteiger partial charge in [0, 0.05) is 24.5 Å². The summed E-state index contributed by atoms with van der Waals surface area (Å²) in [6, 6.07) is 4.44. The molecule has 0 amide bonds. The van der Waals surface area contributed by atoms with Crippen molar-refractivity contribution in [2.75, 3.05) is 7.05 Å². The molecule has 2 heterocycles. The van der Waals surface area contributed by atoms with Crippen molar-refractivity contribution >= 4 is 5.57 Å². The summed E-state index contributed by atoms with van der Waals surface area (Å²) in [7, 11) is 2.06. The van der Waals surface area contributed by atoms with Gasteiger partial charge in [-0.2, -0.15) is 0 Å². The quantitative estimate of drug-likeness (QED) is 0.720. The SMILES string of the molecule is C=CC1C=CC(c2nc(C)ccc2C)=CN1C. The van der Waals surface area contributed by atoms with Gasteiger partial charge >= 0.3 is 0 Å². The van der Waals surface area contributed by atoms with Gasteiger partial charge < -0.3 is 4.90 Å². The van der Waals surface area contributed by atoms with Crippen molar-refractivity contribution in [2.24, 2.45) is 0 Å². The number of allylic oxidation sites excluding steroid dienone is 2. The van der Waals surface area contributed by atoms with Crippen molar-refractivity contribution in [1.29, 1.82) is 0 Å². The second-order valence-corrected chi connectivity index (χ2v) is 4.45. The van der Waals surface area contributed by atoms with Crippen LogP contribution in [0.2, 0.25) is 0 Å². The van der Waals surface area contributed by atoms with Gasteiger partial charge in [-0.15, -0.1) is 6.58 Å². The predicted octanol–water partition coefficient (Wildman–Crippen LogP) is 3.10. The van der Waals surface area contributed by atoms with Crippen LogP contribution >= 0.6 is 0 Å². The maximum atomic E-state index is 4.61. The second kappa shape index (κ2) is 4.58. The summed E-state index contributed by atoms with van der Waals surface area (Å²) in [5.41, 5.74) is 4.48. The van der Waals surface area contributed by atoms with Crippen LogP contribution in [0.25, 0.3) is 5.57 Å². The molecule has 1 unspecified atom stereocenters. The Labute approximate surface area is 103 Å². The van der Waals surface area contributed by atoms with E-state index in [9.17, 15) is 0 Å². The summed E-state index contributed by atoms with van der Waals surface area (Å²) in [6.45, 7) is 7.94. The van der Waals surface area contributed by atoms with E-state index >= 15 is 0 Å². The van der Waals surface area contributed by atoms with E-state index in [0.717, 1.165) is 17.0 Å². The number of rotatable bonds is 2. The maximum absolute atomic E-state index is 4.61. The lowest BCUT2D eigenvalue weighted by molar-refractivity contribution is 0.436. The lowest BCUT2D eigenvalue weighted by Gasteiger charge is -2.26. The fraction of sp³-hybridized carbons (Fsp3) is 0.267. The molecule has 2 rings (SSSR count). The van der Waals surface area contributed by atoms with Crippen molar-refractivity contribution in [3.8, 4) is 0 Å². The molecule has 2 nitrogen and oxygen atoms in total. The third-order valence-electron chi connectivity index (χ3n) is 3.04. The third kappa shape index (κ3) is 2.31. The van der Waals surface area contributed by atoms with Crippen molar-refractivity contribution in [3.63, 3.8) is 0 Å². The molecule has 0 aromatic carbocycles. The van der Waals surface area contributed by atoms with Crippen molar-refractivity contribution in [1.82, 2.24) is 9.88 Å². The summed E-state index contributed by atoms with van der Waals surface area (Å²) in [4.78, 5) is 6.75. The van der Waals surface area contributed by atoms with E-state index in [1.54, 1.807) is 0 Å². The van der Waals surface area contributed by atoms with Gasteiger partial charge in [0.2, 0.25) is 0 Å². The standard InChI is InChI=1S/C15H18N2/c1-5-14-9-8-13(10-17(14)4)15-11(2)6-7-12(3)16-15/h5-10,14H,1H2,2-4H3. The van der Waals surface area contributed by atoms with E-state index in [0.29, 0.717) is 0 Å². The number of pyridine rings is 1.